The van der Waals surface area contributed by atoms with E-state index in [1.54, 1.807) is 6.92 Å². The molecule has 0 N–H and O–H groups in total. The van der Waals surface area contributed by atoms with Gasteiger partial charge in [0.1, 0.15) is 17.0 Å². The number of imide groups is 1. The number of esters is 1. The minimum atomic E-state index is -4.86. The van der Waals surface area contributed by atoms with Gasteiger partial charge in [0.2, 0.25) is 0 Å². The number of pyridine rings is 1. The molecule has 0 radical (unpaired) electrons. The van der Waals surface area contributed by atoms with Gasteiger partial charge in [0.05, 0.1) is 18.0 Å². The third-order valence-electron chi connectivity index (χ3n) is 5.44. The van der Waals surface area contributed by atoms with Crippen LogP contribution in [-0.4, -0.2) is 41.4 Å². The number of carbonyl (C=O) groups is 3. The van der Waals surface area contributed by atoms with Crippen molar-refractivity contribution in [3.8, 4) is 5.75 Å². The summed E-state index contributed by atoms with van der Waals surface area (Å²) in [5.74, 6) is -1.78. The zero-order valence-electron chi connectivity index (χ0n) is 17.0. The first-order valence-corrected chi connectivity index (χ1v) is 9.76. The second-order valence-corrected chi connectivity index (χ2v) is 7.45. The maximum atomic E-state index is 13.3. The van der Waals surface area contributed by atoms with E-state index in [1.807, 2.05) is 6.92 Å². The molecule has 1 saturated carbocycles. The topological polar surface area (TPSA) is 89.0 Å². The zero-order valence-corrected chi connectivity index (χ0v) is 17.0. The predicted molar refractivity (Wildman–Crippen MR) is 105 cm³/mol. The van der Waals surface area contributed by atoms with Crippen LogP contribution in [0.1, 0.15) is 30.8 Å². The molecular formula is C21H18F3N3O5. The molecule has 2 atom stereocenters. The van der Waals surface area contributed by atoms with E-state index in [2.05, 4.69) is 9.72 Å². The molecule has 0 bridgehead atoms. The second-order valence-electron chi connectivity index (χ2n) is 7.45. The molecule has 2 fully saturated rings. The number of hydrogen-bond acceptors (Lipinski definition) is 6. The van der Waals surface area contributed by atoms with Crippen LogP contribution in [0.3, 0.4) is 0 Å². The summed E-state index contributed by atoms with van der Waals surface area (Å²) < 4.78 is 46.0. The second kappa shape index (κ2) is 7.50. The van der Waals surface area contributed by atoms with E-state index in [0.29, 0.717) is 12.1 Å². The molecule has 4 rings (SSSR count). The lowest BCUT2D eigenvalue weighted by Gasteiger charge is -2.22. The van der Waals surface area contributed by atoms with Crippen LogP contribution in [-0.2, 0) is 9.53 Å². The molecule has 2 heterocycles. The van der Waals surface area contributed by atoms with E-state index >= 15 is 0 Å². The minimum absolute atomic E-state index is 0.0137. The Bertz CT molecular complexity index is 1090. The Hall–Kier alpha value is -3.63. The highest BCUT2D eigenvalue weighted by Crippen LogP contribution is 2.55. The molecule has 1 aromatic heterocycles. The van der Waals surface area contributed by atoms with Crippen LogP contribution in [0.15, 0.2) is 42.6 Å². The summed E-state index contributed by atoms with van der Waals surface area (Å²) in [6, 6.07) is 6.67. The van der Waals surface area contributed by atoms with Crippen LogP contribution in [0.25, 0.3) is 0 Å². The molecule has 2 aromatic rings. The van der Waals surface area contributed by atoms with Crippen molar-refractivity contribution in [1.82, 2.24) is 4.98 Å². The van der Waals surface area contributed by atoms with Crippen molar-refractivity contribution in [2.75, 3.05) is 16.4 Å². The number of benzene rings is 1. The van der Waals surface area contributed by atoms with Gasteiger partial charge < -0.3 is 9.47 Å². The molecular weight excluding hydrogens is 431 g/mol. The summed E-state index contributed by atoms with van der Waals surface area (Å²) in [6.07, 6.45) is -3.12. The van der Waals surface area contributed by atoms with Gasteiger partial charge in [0, 0.05) is 6.20 Å². The number of urea groups is 1. The van der Waals surface area contributed by atoms with Gasteiger partial charge in [-0.1, -0.05) is 6.92 Å². The fraction of sp³-hybridized carbons (Fsp3) is 0.333. The van der Waals surface area contributed by atoms with E-state index in [4.69, 9.17) is 4.74 Å². The van der Waals surface area contributed by atoms with Gasteiger partial charge in [-0.2, -0.15) is 0 Å². The smallest absolute Gasteiger partial charge is 0.461 e. The van der Waals surface area contributed by atoms with Crippen LogP contribution < -0.4 is 14.5 Å². The minimum Gasteiger partial charge on any atom is -0.461 e. The lowest BCUT2D eigenvalue weighted by Crippen LogP contribution is -2.39. The third-order valence-corrected chi connectivity index (χ3v) is 5.44. The highest BCUT2D eigenvalue weighted by atomic mass is 19.4. The lowest BCUT2D eigenvalue weighted by molar-refractivity contribution is -0.274. The van der Waals surface area contributed by atoms with Crippen molar-refractivity contribution >= 4 is 29.3 Å². The van der Waals surface area contributed by atoms with E-state index in [1.165, 1.54) is 35.4 Å². The first-order valence-electron chi connectivity index (χ1n) is 9.76. The first-order chi connectivity index (χ1) is 15.1. The van der Waals surface area contributed by atoms with E-state index in [-0.39, 0.29) is 23.9 Å². The summed E-state index contributed by atoms with van der Waals surface area (Å²) >= 11 is 0. The van der Waals surface area contributed by atoms with Crippen LogP contribution in [0.5, 0.6) is 5.75 Å². The molecule has 32 heavy (non-hydrogen) atoms. The van der Waals surface area contributed by atoms with Gasteiger partial charge in [0.25, 0.3) is 5.91 Å². The number of halogens is 3. The molecule has 1 aliphatic heterocycles. The number of nitrogens with zero attached hydrogens (tertiary/aromatic N) is 3. The predicted octanol–water partition coefficient (Wildman–Crippen LogP) is 3.91. The van der Waals surface area contributed by atoms with Gasteiger partial charge in [-0.3, -0.25) is 9.69 Å². The number of hydrogen-bond donors (Lipinski definition) is 0. The third kappa shape index (κ3) is 3.53. The molecule has 11 heteroatoms. The molecule has 1 aliphatic carbocycles. The standard InChI is InChI=1S/C21H18F3N3O5/c1-3-31-17(28)16-10-14(8-9-25-16)27-19(30)26(18(29)20(27)11-12(20)2)13-4-6-15(7-5-13)32-21(22,23)24/h4-10,12H,3,11H2,1-2H3. The van der Waals surface area contributed by atoms with E-state index in [0.717, 1.165) is 17.0 Å². The van der Waals surface area contributed by atoms with Crippen LogP contribution in [0.4, 0.5) is 29.3 Å². The quantitative estimate of drug-likeness (QED) is 0.508. The maximum Gasteiger partial charge on any atom is 0.573 e. The van der Waals surface area contributed by atoms with Crippen LogP contribution in [0.2, 0.25) is 0 Å². The SMILES string of the molecule is CCOC(=O)c1cc(N2C(=O)N(c3ccc(OC(F)(F)F)cc3)C(=O)C23CC3C)ccn1. The first kappa shape index (κ1) is 21.6. The molecule has 3 amide bonds. The van der Waals surface area contributed by atoms with Crippen molar-refractivity contribution in [2.24, 2.45) is 5.92 Å². The van der Waals surface area contributed by atoms with Crippen LogP contribution >= 0.6 is 0 Å². The average molecular weight is 449 g/mol. The Morgan fingerprint density at radius 1 is 1.19 bits per heavy atom. The monoisotopic (exact) mass is 449 g/mol. The Morgan fingerprint density at radius 2 is 1.84 bits per heavy atom. The molecule has 2 unspecified atom stereocenters. The number of alkyl halides is 3. The van der Waals surface area contributed by atoms with Gasteiger partial charge in [-0.15, -0.1) is 13.2 Å². The molecule has 2 aliphatic rings. The number of rotatable bonds is 5. The summed E-state index contributed by atoms with van der Waals surface area (Å²) in [5, 5.41) is 0. The van der Waals surface area contributed by atoms with Gasteiger partial charge in [-0.05, 0) is 55.7 Å². The van der Waals surface area contributed by atoms with Gasteiger partial charge in [-0.25, -0.2) is 19.5 Å². The lowest BCUT2D eigenvalue weighted by atomic mass is 10.1. The molecule has 1 saturated heterocycles. The summed E-state index contributed by atoms with van der Waals surface area (Å²) in [4.78, 5) is 44.8. The number of carbonyl (C=O) groups excluding carboxylic acids is 3. The van der Waals surface area contributed by atoms with Gasteiger partial charge in [0.15, 0.2) is 0 Å². The normalized spacial score (nSPS) is 22.5. The largest absolute Gasteiger partial charge is 0.573 e. The summed E-state index contributed by atoms with van der Waals surface area (Å²) in [6.45, 7) is 3.61. The molecule has 1 aromatic carbocycles. The molecule has 8 nitrogen and oxygen atoms in total. The number of ether oxygens (including phenoxy) is 2. The Kier molecular flexibility index (Phi) is 5.06. The fourth-order valence-corrected chi connectivity index (χ4v) is 3.90. The summed E-state index contributed by atoms with van der Waals surface area (Å²) in [5.41, 5.74) is -0.744. The van der Waals surface area contributed by atoms with Crippen molar-refractivity contribution in [1.29, 1.82) is 0 Å². The number of aromatic nitrogens is 1. The number of anilines is 2. The number of amides is 3. The molecule has 1 spiro atoms. The van der Waals surface area contributed by atoms with Crippen molar-refractivity contribution < 1.29 is 37.0 Å². The van der Waals surface area contributed by atoms with E-state index in [9.17, 15) is 27.6 Å². The van der Waals surface area contributed by atoms with Crippen molar-refractivity contribution in [3.05, 3.63) is 48.3 Å². The maximum absolute atomic E-state index is 13.3. The Morgan fingerprint density at radius 3 is 2.41 bits per heavy atom. The zero-order chi connectivity index (χ0) is 23.3. The van der Waals surface area contributed by atoms with Crippen molar-refractivity contribution in [2.45, 2.75) is 32.2 Å². The highest BCUT2D eigenvalue weighted by Gasteiger charge is 2.70. The Labute approximate surface area is 180 Å². The molecule has 168 valence electrons. The average Bonchev–Trinajstić information content (AvgIpc) is 3.34. The summed E-state index contributed by atoms with van der Waals surface area (Å²) in [7, 11) is 0. The van der Waals surface area contributed by atoms with Gasteiger partial charge >= 0.3 is 18.4 Å². The fourth-order valence-electron chi connectivity index (χ4n) is 3.90. The van der Waals surface area contributed by atoms with Crippen LogP contribution in [0, 0.1) is 5.92 Å². The highest BCUT2D eigenvalue weighted by molar-refractivity contribution is 6.32. The van der Waals surface area contributed by atoms with Crippen molar-refractivity contribution in [3.63, 3.8) is 0 Å². The van der Waals surface area contributed by atoms with E-state index < -0.39 is 35.6 Å². The Balaban J connectivity index is 1.68.